The minimum Gasteiger partial charge on any atom is -0.377 e. The summed E-state index contributed by atoms with van der Waals surface area (Å²) in [6.07, 6.45) is 4.39. The molecule has 0 amide bonds. The summed E-state index contributed by atoms with van der Waals surface area (Å²) in [6.45, 7) is 19.9. The molecule has 0 aliphatic heterocycles. The van der Waals surface area contributed by atoms with Gasteiger partial charge in [0.15, 0.2) is 0 Å². The Kier molecular flexibility index (Phi) is 6.30. The quantitative estimate of drug-likeness (QED) is 0.546. The highest BCUT2D eigenvalue weighted by atomic mass is 16.5. The fourth-order valence-corrected chi connectivity index (χ4v) is 4.40. The van der Waals surface area contributed by atoms with Crippen LogP contribution in [0.25, 0.3) is 0 Å². The Morgan fingerprint density at radius 1 is 0.690 bits per heavy atom. The van der Waals surface area contributed by atoms with E-state index in [1.165, 1.54) is 44.5 Å². The van der Waals surface area contributed by atoms with E-state index in [1.807, 2.05) is 0 Å². The van der Waals surface area contributed by atoms with Crippen molar-refractivity contribution in [3.05, 3.63) is 68.8 Å². The lowest BCUT2D eigenvalue weighted by atomic mass is 9.78. The molecule has 0 aromatic heterocycles. The van der Waals surface area contributed by atoms with E-state index in [0.29, 0.717) is 0 Å². The Hall–Kier alpha value is -1.60. The average Bonchev–Trinajstić information content (AvgIpc) is 2.62. The maximum Gasteiger partial charge on any atom is 0.0722 e. The second-order valence-corrected chi connectivity index (χ2v) is 10.8. The highest BCUT2D eigenvalue weighted by molar-refractivity contribution is 5.46. The monoisotopic (exact) mass is 392 g/mol. The molecular formula is C28H40O. The SMILES string of the molecule is CCOCc1c2cc(C(C)(C)C)cc1CCc1cc(C(C)(C)C)cc(c1C)CC2. The number of fused-ring (bicyclic) bond motifs is 4. The van der Waals surface area contributed by atoms with Crippen LogP contribution in [-0.4, -0.2) is 6.61 Å². The lowest BCUT2D eigenvalue weighted by Gasteiger charge is -2.27. The molecule has 0 radical (unpaired) electrons. The van der Waals surface area contributed by atoms with Gasteiger partial charge in [0.2, 0.25) is 0 Å². The Bertz CT molecular complexity index is 824. The van der Waals surface area contributed by atoms with Gasteiger partial charge in [0.1, 0.15) is 0 Å². The van der Waals surface area contributed by atoms with Gasteiger partial charge in [-0.3, -0.25) is 0 Å². The minimum atomic E-state index is 0.168. The lowest BCUT2D eigenvalue weighted by Crippen LogP contribution is -2.17. The van der Waals surface area contributed by atoms with Crippen LogP contribution in [0.4, 0.5) is 0 Å². The molecule has 4 bridgehead atoms. The molecule has 1 nitrogen and oxygen atoms in total. The molecule has 1 aliphatic rings. The molecule has 0 N–H and O–H groups in total. The third kappa shape index (κ3) is 4.94. The van der Waals surface area contributed by atoms with Crippen LogP contribution in [-0.2, 0) is 47.9 Å². The van der Waals surface area contributed by atoms with Crippen LogP contribution in [0, 0.1) is 6.92 Å². The van der Waals surface area contributed by atoms with Crippen LogP contribution in [0.15, 0.2) is 24.3 Å². The van der Waals surface area contributed by atoms with Crippen LogP contribution in [0.5, 0.6) is 0 Å². The largest absolute Gasteiger partial charge is 0.377 e. The van der Waals surface area contributed by atoms with Crippen molar-refractivity contribution in [1.82, 2.24) is 0 Å². The van der Waals surface area contributed by atoms with Crippen molar-refractivity contribution in [2.45, 2.75) is 98.5 Å². The zero-order valence-electron chi connectivity index (χ0n) is 20.0. The van der Waals surface area contributed by atoms with E-state index in [4.69, 9.17) is 4.74 Å². The highest BCUT2D eigenvalue weighted by Gasteiger charge is 2.22. The summed E-state index contributed by atoms with van der Waals surface area (Å²) >= 11 is 0. The molecule has 158 valence electrons. The van der Waals surface area contributed by atoms with Crippen molar-refractivity contribution >= 4 is 0 Å². The lowest BCUT2D eigenvalue weighted by molar-refractivity contribution is 0.133. The molecule has 0 saturated heterocycles. The predicted octanol–water partition coefficient (Wildman–Crippen LogP) is 7.01. The van der Waals surface area contributed by atoms with Crippen molar-refractivity contribution in [3.63, 3.8) is 0 Å². The maximum absolute atomic E-state index is 5.91. The van der Waals surface area contributed by atoms with E-state index >= 15 is 0 Å². The van der Waals surface area contributed by atoms with Crippen LogP contribution in [0.2, 0.25) is 0 Å². The topological polar surface area (TPSA) is 9.23 Å². The third-order valence-electron chi connectivity index (χ3n) is 6.57. The molecule has 2 aromatic rings. The molecule has 0 atom stereocenters. The van der Waals surface area contributed by atoms with Gasteiger partial charge >= 0.3 is 0 Å². The van der Waals surface area contributed by atoms with Crippen molar-refractivity contribution in [1.29, 1.82) is 0 Å². The van der Waals surface area contributed by atoms with Gasteiger partial charge in [-0.15, -0.1) is 0 Å². The zero-order valence-corrected chi connectivity index (χ0v) is 20.0. The first kappa shape index (κ1) is 22.1. The number of aryl methyl sites for hydroxylation is 4. The van der Waals surface area contributed by atoms with E-state index in [0.717, 1.165) is 38.9 Å². The van der Waals surface area contributed by atoms with Gasteiger partial charge in [-0.05, 0) is 94.9 Å². The van der Waals surface area contributed by atoms with E-state index in [9.17, 15) is 0 Å². The van der Waals surface area contributed by atoms with E-state index in [-0.39, 0.29) is 10.8 Å². The predicted molar refractivity (Wildman–Crippen MR) is 125 cm³/mol. The third-order valence-corrected chi connectivity index (χ3v) is 6.57. The first-order valence-corrected chi connectivity index (χ1v) is 11.4. The molecule has 0 heterocycles. The van der Waals surface area contributed by atoms with E-state index in [2.05, 4.69) is 79.7 Å². The molecule has 29 heavy (non-hydrogen) atoms. The van der Waals surface area contributed by atoms with Gasteiger partial charge in [0.25, 0.3) is 0 Å². The number of rotatable bonds is 3. The highest BCUT2D eigenvalue weighted by Crippen LogP contribution is 2.33. The van der Waals surface area contributed by atoms with Gasteiger partial charge in [-0.25, -0.2) is 0 Å². The number of benzene rings is 2. The van der Waals surface area contributed by atoms with Crippen molar-refractivity contribution in [2.75, 3.05) is 6.61 Å². The van der Waals surface area contributed by atoms with Crippen LogP contribution in [0.1, 0.15) is 93.0 Å². The molecule has 0 spiro atoms. The minimum absolute atomic E-state index is 0.168. The summed E-state index contributed by atoms with van der Waals surface area (Å²) in [6, 6.07) is 9.86. The molecule has 0 fully saturated rings. The maximum atomic E-state index is 5.91. The van der Waals surface area contributed by atoms with Crippen molar-refractivity contribution in [2.24, 2.45) is 0 Å². The van der Waals surface area contributed by atoms with Gasteiger partial charge in [0, 0.05) is 6.61 Å². The summed E-state index contributed by atoms with van der Waals surface area (Å²) in [7, 11) is 0. The number of hydrogen-bond donors (Lipinski definition) is 0. The second kappa shape index (κ2) is 8.26. The Morgan fingerprint density at radius 3 is 1.45 bits per heavy atom. The molecular weight excluding hydrogens is 352 g/mol. The Labute approximate surface area is 178 Å². The molecule has 2 aromatic carbocycles. The molecule has 1 aliphatic carbocycles. The fourth-order valence-electron chi connectivity index (χ4n) is 4.40. The van der Waals surface area contributed by atoms with Crippen LogP contribution < -0.4 is 0 Å². The summed E-state index contributed by atoms with van der Waals surface area (Å²) in [5, 5.41) is 0. The van der Waals surface area contributed by atoms with E-state index < -0.39 is 0 Å². The summed E-state index contributed by atoms with van der Waals surface area (Å²) in [4.78, 5) is 0. The smallest absolute Gasteiger partial charge is 0.0722 e. The standard InChI is InChI=1S/C28H40O/c1-9-29-18-26-22-12-10-20-14-24(27(3,4)5)15-21(19(20)2)11-13-23(26)17-25(16-22)28(6,7)8/h14-17H,9-13,18H2,1-8H3. The summed E-state index contributed by atoms with van der Waals surface area (Å²) < 4.78 is 5.91. The zero-order chi connectivity index (χ0) is 21.4. The molecule has 0 unspecified atom stereocenters. The first-order chi connectivity index (χ1) is 13.5. The van der Waals surface area contributed by atoms with Gasteiger partial charge in [0.05, 0.1) is 6.61 Å². The average molecular weight is 393 g/mol. The van der Waals surface area contributed by atoms with Gasteiger partial charge in [-0.1, -0.05) is 65.8 Å². The van der Waals surface area contributed by atoms with Crippen LogP contribution >= 0.6 is 0 Å². The first-order valence-electron chi connectivity index (χ1n) is 11.4. The molecule has 3 rings (SSSR count). The van der Waals surface area contributed by atoms with Gasteiger partial charge in [-0.2, -0.15) is 0 Å². The normalized spacial score (nSPS) is 14.8. The van der Waals surface area contributed by atoms with Crippen molar-refractivity contribution in [3.8, 4) is 0 Å². The fraction of sp³-hybridized carbons (Fsp3) is 0.571. The van der Waals surface area contributed by atoms with Crippen LogP contribution in [0.3, 0.4) is 0 Å². The van der Waals surface area contributed by atoms with E-state index in [1.54, 1.807) is 0 Å². The molecule has 0 saturated carbocycles. The van der Waals surface area contributed by atoms with Crippen molar-refractivity contribution < 1.29 is 4.74 Å². The second-order valence-electron chi connectivity index (χ2n) is 10.8. The summed E-state index contributed by atoms with van der Waals surface area (Å²) in [5.74, 6) is 0. The number of ether oxygens (including phenoxy) is 1. The van der Waals surface area contributed by atoms with Gasteiger partial charge < -0.3 is 4.74 Å². The Morgan fingerprint density at radius 2 is 1.07 bits per heavy atom. The number of hydrogen-bond acceptors (Lipinski definition) is 1. The Balaban J connectivity index is 2.11. The summed E-state index contributed by atoms with van der Waals surface area (Å²) in [5.41, 5.74) is 12.3. The molecule has 1 heteroatoms.